The second kappa shape index (κ2) is 8.25. The summed E-state index contributed by atoms with van der Waals surface area (Å²) >= 11 is 0. The number of ether oxygens (including phenoxy) is 2. The van der Waals surface area contributed by atoms with Gasteiger partial charge in [-0.15, -0.1) is 0 Å². The van der Waals surface area contributed by atoms with Gasteiger partial charge in [0.1, 0.15) is 17.7 Å². The van der Waals surface area contributed by atoms with Crippen LogP contribution in [0.1, 0.15) is 16.2 Å². The van der Waals surface area contributed by atoms with E-state index in [4.69, 9.17) is 9.47 Å². The molecule has 0 aromatic carbocycles. The van der Waals surface area contributed by atoms with Crippen LogP contribution in [0.5, 0.6) is 11.8 Å². The lowest BCUT2D eigenvalue weighted by Gasteiger charge is -2.12. The number of rotatable bonds is 6. The second-order valence-electron chi connectivity index (χ2n) is 5.64. The number of amides is 1. The van der Waals surface area contributed by atoms with E-state index >= 15 is 0 Å². The number of nitrogens with one attached hydrogen (secondary N) is 1. The fourth-order valence-electron chi connectivity index (χ4n) is 2.44. The molecule has 0 aliphatic carbocycles. The molecule has 0 fully saturated rings. The van der Waals surface area contributed by atoms with E-state index in [2.05, 4.69) is 25.3 Å². The minimum Gasteiger partial charge on any atom is -0.481 e. The van der Waals surface area contributed by atoms with Crippen LogP contribution in [0.4, 0.5) is 0 Å². The van der Waals surface area contributed by atoms with Crippen LogP contribution in [-0.4, -0.2) is 44.6 Å². The van der Waals surface area contributed by atoms with Crippen molar-refractivity contribution in [3.8, 4) is 23.1 Å². The summed E-state index contributed by atoms with van der Waals surface area (Å²) in [4.78, 5) is 41.2. The van der Waals surface area contributed by atoms with Gasteiger partial charge in [0.2, 0.25) is 11.8 Å². The normalized spacial score (nSPS) is 10.4. The predicted molar refractivity (Wildman–Crippen MR) is 99.0 cm³/mol. The number of hydrogen-bond donors (Lipinski definition) is 1. The van der Waals surface area contributed by atoms with Crippen molar-refractivity contribution in [1.29, 1.82) is 0 Å². The minimum absolute atomic E-state index is 0.0265. The van der Waals surface area contributed by atoms with Gasteiger partial charge in [0, 0.05) is 25.4 Å². The molecule has 3 rings (SSSR count). The molecular formula is C18H18N6O4. The van der Waals surface area contributed by atoms with E-state index in [0.717, 1.165) is 0 Å². The van der Waals surface area contributed by atoms with Gasteiger partial charge < -0.3 is 14.8 Å². The summed E-state index contributed by atoms with van der Waals surface area (Å²) in [7, 11) is 4.46. The largest absolute Gasteiger partial charge is 0.481 e. The van der Waals surface area contributed by atoms with Crippen molar-refractivity contribution in [2.45, 2.75) is 6.54 Å². The Morgan fingerprint density at radius 1 is 1.14 bits per heavy atom. The van der Waals surface area contributed by atoms with E-state index in [0.29, 0.717) is 23.1 Å². The quantitative estimate of drug-likeness (QED) is 0.657. The highest BCUT2D eigenvalue weighted by Crippen LogP contribution is 2.19. The summed E-state index contributed by atoms with van der Waals surface area (Å²) < 4.78 is 11.5. The average molecular weight is 382 g/mol. The van der Waals surface area contributed by atoms with Crippen LogP contribution in [0.3, 0.4) is 0 Å². The summed E-state index contributed by atoms with van der Waals surface area (Å²) in [6.07, 6.45) is 2.94. The van der Waals surface area contributed by atoms with E-state index in [1.165, 1.54) is 31.2 Å². The molecule has 0 radical (unpaired) electrons. The first-order valence-corrected chi connectivity index (χ1v) is 8.24. The molecule has 0 aliphatic heterocycles. The van der Waals surface area contributed by atoms with Crippen molar-refractivity contribution in [3.63, 3.8) is 0 Å². The molecule has 1 amide bonds. The van der Waals surface area contributed by atoms with Crippen LogP contribution in [-0.2, 0) is 13.6 Å². The molecule has 10 heteroatoms. The molecule has 3 heterocycles. The first kappa shape index (κ1) is 19.0. The number of methoxy groups -OCH3 is 2. The van der Waals surface area contributed by atoms with E-state index in [1.54, 1.807) is 31.4 Å². The van der Waals surface area contributed by atoms with E-state index in [1.807, 2.05) is 0 Å². The smallest absolute Gasteiger partial charge is 0.257 e. The Labute approximate surface area is 160 Å². The fraction of sp³-hybridized carbons (Fsp3) is 0.222. The number of carbonyl (C=O) groups is 1. The molecule has 144 valence electrons. The third-order valence-corrected chi connectivity index (χ3v) is 3.96. The Kier molecular flexibility index (Phi) is 5.58. The highest BCUT2D eigenvalue weighted by Gasteiger charge is 2.16. The lowest BCUT2D eigenvalue weighted by atomic mass is 10.2. The standard InChI is InChI=1S/C18H18N6O4/c1-24-14(22-13(8-16(24)25)12-6-7-19-10-21-12)9-20-17(26)11-4-5-15(27-2)23-18(11)28-3/h4-8,10H,9H2,1-3H3,(H,20,26). The Balaban J connectivity index is 1.84. The monoisotopic (exact) mass is 382 g/mol. The zero-order chi connectivity index (χ0) is 20.1. The Hall–Kier alpha value is -3.82. The summed E-state index contributed by atoms with van der Waals surface area (Å²) in [6, 6.07) is 6.13. The molecule has 10 nitrogen and oxygen atoms in total. The summed E-state index contributed by atoms with van der Waals surface area (Å²) in [5.74, 6) is 0.409. The number of nitrogens with zero attached hydrogens (tertiary/aromatic N) is 5. The fourth-order valence-corrected chi connectivity index (χ4v) is 2.44. The van der Waals surface area contributed by atoms with Gasteiger partial charge in [-0.1, -0.05) is 0 Å². The molecule has 0 saturated carbocycles. The lowest BCUT2D eigenvalue weighted by Crippen LogP contribution is -2.29. The summed E-state index contributed by atoms with van der Waals surface area (Å²) in [5, 5.41) is 2.72. The maximum atomic E-state index is 12.5. The van der Waals surface area contributed by atoms with E-state index < -0.39 is 5.91 Å². The lowest BCUT2D eigenvalue weighted by molar-refractivity contribution is 0.0945. The summed E-state index contributed by atoms with van der Waals surface area (Å²) in [6.45, 7) is 0.0265. The second-order valence-corrected chi connectivity index (χ2v) is 5.64. The van der Waals surface area contributed by atoms with Crippen LogP contribution < -0.4 is 20.3 Å². The zero-order valence-corrected chi connectivity index (χ0v) is 15.5. The van der Waals surface area contributed by atoms with Crippen LogP contribution in [0.2, 0.25) is 0 Å². The molecule has 0 bridgehead atoms. The van der Waals surface area contributed by atoms with Crippen molar-refractivity contribution in [2.75, 3.05) is 14.2 Å². The zero-order valence-electron chi connectivity index (χ0n) is 15.5. The molecule has 28 heavy (non-hydrogen) atoms. The highest BCUT2D eigenvalue weighted by molar-refractivity contribution is 5.96. The number of pyridine rings is 1. The molecule has 0 atom stereocenters. The van der Waals surface area contributed by atoms with Crippen molar-refractivity contribution in [1.82, 2.24) is 29.8 Å². The molecular weight excluding hydrogens is 364 g/mol. The van der Waals surface area contributed by atoms with E-state index in [9.17, 15) is 9.59 Å². The van der Waals surface area contributed by atoms with Gasteiger partial charge >= 0.3 is 0 Å². The third-order valence-electron chi connectivity index (χ3n) is 3.96. The van der Waals surface area contributed by atoms with Crippen molar-refractivity contribution in [2.24, 2.45) is 7.05 Å². The van der Waals surface area contributed by atoms with Crippen molar-refractivity contribution < 1.29 is 14.3 Å². The average Bonchev–Trinajstić information content (AvgIpc) is 2.74. The minimum atomic E-state index is -0.423. The molecule has 0 aliphatic rings. The highest BCUT2D eigenvalue weighted by atomic mass is 16.5. The molecule has 3 aromatic heterocycles. The Bertz CT molecular complexity index is 1050. The van der Waals surface area contributed by atoms with E-state index in [-0.39, 0.29) is 23.5 Å². The first-order chi connectivity index (χ1) is 13.5. The molecule has 0 saturated heterocycles. The molecule has 3 aromatic rings. The van der Waals surface area contributed by atoms with Gasteiger partial charge in [0.15, 0.2) is 0 Å². The number of hydrogen-bond acceptors (Lipinski definition) is 8. The SMILES string of the molecule is COc1ccc(C(=O)NCc2nc(-c3ccncn3)cc(=O)n2C)c(OC)n1. The maximum Gasteiger partial charge on any atom is 0.257 e. The maximum absolute atomic E-state index is 12.5. The van der Waals surface area contributed by atoms with Crippen molar-refractivity contribution >= 4 is 5.91 Å². The third kappa shape index (κ3) is 3.95. The topological polar surface area (TPSA) is 121 Å². The van der Waals surface area contributed by atoms with Gasteiger partial charge in [-0.05, 0) is 12.1 Å². The predicted octanol–water partition coefficient (Wildman–Crippen LogP) is 0.579. The number of aromatic nitrogens is 5. The van der Waals surface area contributed by atoms with Gasteiger partial charge in [0.05, 0.1) is 32.2 Å². The Morgan fingerprint density at radius 3 is 2.64 bits per heavy atom. The van der Waals surface area contributed by atoms with Crippen LogP contribution in [0, 0.1) is 0 Å². The Morgan fingerprint density at radius 2 is 1.96 bits per heavy atom. The summed E-state index contributed by atoms with van der Waals surface area (Å²) in [5.41, 5.74) is 0.886. The number of carbonyl (C=O) groups excluding carboxylic acids is 1. The van der Waals surface area contributed by atoms with Crippen LogP contribution >= 0.6 is 0 Å². The van der Waals surface area contributed by atoms with Crippen molar-refractivity contribution in [3.05, 3.63) is 58.5 Å². The van der Waals surface area contributed by atoms with Crippen LogP contribution in [0.15, 0.2) is 41.6 Å². The molecule has 0 unspecified atom stereocenters. The van der Waals surface area contributed by atoms with Gasteiger partial charge in [0.25, 0.3) is 11.5 Å². The van der Waals surface area contributed by atoms with Gasteiger partial charge in [-0.2, -0.15) is 4.98 Å². The van der Waals surface area contributed by atoms with Gasteiger partial charge in [-0.25, -0.2) is 15.0 Å². The molecule has 1 N–H and O–H groups in total. The van der Waals surface area contributed by atoms with Gasteiger partial charge in [-0.3, -0.25) is 14.2 Å². The first-order valence-electron chi connectivity index (χ1n) is 8.24. The molecule has 0 spiro atoms. The van der Waals surface area contributed by atoms with Crippen LogP contribution in [0.25, 0.3) is 11.4 Å².